The van der Waals surface area contributed by atoms with E-state index in [1.807, 2.05) is 43.3 Å². The molecule has 74 heavy (non-hydrogen) atoms. The Morgan fingerprint density at radius 2 is 1.32 bits per heavy atom. The number of allylic oxidation sites excluding steroid dienone is 2. The lowest BCUT2D eigenvalue weighted by atomic mass is 9.94. The molecule has 0 aliphatic carbocycles. The van der Waals surface area contributed by atoms with Crippen molar-refractivity contribution in [3.63, 3.8) is 0 Å². The summed E-state index contributed by atoms with van der Waals surface area (Å²) in [7, 11) is 2.80. The summed E-state index contributed by atoms with van der Waals surface area (Å²) in [5.41, 5.74) is 23.2. The van der Waals surface area contributed by atoms with Crippen LogP contribution < -0.4 is 54.8 Å². The molecule has 1 saturated heterocycles. The molecule has 16 N–H and O–H groups in total. The van der Waals surface area contributed by atoms with Crippen molar-refractivity contribution in [2.75, 3.05) is 27.2 Å². The lowest BCUT2D eigenvalue weighted by Gasteiger charge is -2.28. The maximum absolute atomic E-state index is 14.4. The molecule has 0 spiro atoms. The minimum Gasteiger partial charge on any atom is -0.480 e. The maximum atomic E-state index is 14.4. The number of ether oxygens (including phenoxy) is 1. The van der Waals surface area contributed by atoms with Gasteiger partial charge in [0.05, 0.1) is 24.0 Å². The van der Waals surface area contributed by atoms with Crippen LogP contribution in [0.15, 0.2) is 76.4 Å². The normalized spacial score (nSPS) is 24.6. The molecule has 1 aliphatic heterocycles. The fraction of sp³-hybridized carbons (Fsp3) is 0.531. The average Bonchev–Trinajstić information content (AvgIpc) is 3.34. The Labute approximate surface area is 430 Å². The zero-order valence-electron chi connectivity index (χ0n) is 43.1. The summed E-state index contributed by atoms with van der Waals surface area (Å²) in [6, 6.07) is 0.633. The zero-order chi connectivity index (χ0) is 55.8. The van der Waals surface area contributed by atoms with Gasteiger partial charge in [0.25, 0.3) is 5.91 Å². The second-order valence-electron chi connectivity index (χ2n) is 18.1. The van der Waals surface area contributed by atoms with Gasteiger partial charge in [-0.1, -0.05) is 81.5 Å². The molecule has 7 amide bonds. The number of benzene rings is 1. The van der Waals surface area contributed by atoms with Gasteiger partial charge in [0.2, 0.25) is 35.4 Å². The van der Waals surface area contributed by atoms with Crippen molar-refractivity contribution in [3.8, 4) is 0 Å². The van der Waals surface area contributed by atoms with Gasteiger partial charge in [0.1, 0.15) is 35.9 Å². The molecule has 25 heteroatoms. The number of hydrogen-bond acceptors (Lipinski definition) is 12. The Balaban J connectivity index is 2.74. The minimum absolute atomic E-state index is 0.00394. The SMILES string of the molecule is C=C1C(=O)N[C@H](C)C(=O)N[C@@H](CCCN=C(N)N)C(=O)N[C@@H](C(=O)O)[C@H](C)C(=O)N[C@@H](CCCN=C(N)N)C(=O)N[C@H](C=CC(C)=C[C@H](C)[C@@H](Cc2ccccc2)OC)[C@@H](C)C(=O)N[C@@H](C(=O)O)CCC(=O)N1C. The number of guanidine groups is 2. The van der Waals surface area contributed by atoms with Gasteiger partial charge < -0.3 is 74.7 Å². The van der Waals surface area contributed by atoms with Crippen molar-refractivity contribution >= 4 is 65.2 Å². The standard InChI is InChI=1S/C49H75N13O12/c1-26(24-27(2)37(74-8)25-32-14-10-9-11-15-32)18-19-33-28(3)40(64)60-36(46(70)71)20-21-38(63)62(7)31(6)43(67)56-30(5)42(66)59-35(17-13-23-55-49(52)53)45(69)61-39(47(72)73)29(4)41(65)58-34(44(68)57-33)16-12-22-54-48(50)51/h9-11,14-15,18-19,24,27-30,33-37,39H,6,12-13,16-17,20-23,25H2,1-5,7-8H3,(H,56,67)(H,57,68)(H,58,65)(H,59,66)(H,60,64)(H,61,69)(H,70,71)(H,72,73)(H4,50,51,54)(H4,52,53,55)/t27-,28+,29-,30+,33+,34-,35-,36+,37+,39+/m0/s1. The number of aliphatic imine (C=N–C) groups is 2. The number of hydrogen-bond donors (Lipinski definition) is 12. The summed E-state index contributed by atoms with van der Waals surface area (Å²) in [6.45, 7) is 11.2. The van der Waals surface area contributed by atoms with E-state index in [1.54, 1.807) is 20.1 Å². The van der Waals surface area contributed by atoms with E-state index in [2.05, 4.69) is 48.5 Å². The molecule has 0 saturated carbocycles. The number of nitrogens with one attached hydrogen (secondary N) is 6. The molecule has 0 bridgehead atoms. The van der Waals surface area contributed by atoms with Crippen LogP contribution in [0.4, 0.5) is 0 Å². The third-order valence-corrected chi connectivity index (χ3v) is 12.2. The predicted octanol–water partition coefficient (Wildman–Crippen LogP) is -1.37. The number of carboxylic acids is 2. The lowest BCUT2D eigenvalue weighted by Crippen LogP contribution is -2.59. The van der Waals surface area contributed by atoms with Crippen LogP contribution in [-0.4, -0.2) is 150 Å². The van der Waals surface area contributed by atoms with Gasteiger partial charge in [-0.05, 0) is 57.9 Å². The first-order valence-corrected chi connectivity index (χ1v) is 24.1. The van der Waals surface area contributed by atoms with Crippen molar-refractivity contribution < 1.29 is 58.1 Å². The van der Waals surface area contributed by atoms with Crippen LogP contribution in [0.2, 0.25) is 0 Å². The molecular formula is C49H75N13O12. The number of amides is 7. The topological polar surface area (TPSA) is 408 Å². The lowest BCUT2D eigenvalue weighted by molar-refractivity contribution is -0.146. The quantitative estimate of drug-likeness (QED) is 0.0281. The van der Waals surface area contributed by atoms with E-state index in [9.17, 15) is 53.4 Å². The molecule has 0 radical (unpaired) electrons. The molecule has 1 aromatic rings. The number of carbonyl (C=O) groups is 9. The summed E-state index contributed by atoms with van der Waals surface area (Å²) in [6.07, 6.45) is 4.40. The number of carboxylic acid groups (broad SMARTS) is 2. The van der Waals surface area contributed by atoms with E-state index in [-0.39, 0.29) is 62.7 Å². The van der Waals surface area contributed by atoms with E-state index in [0.717, 1.165) is 10.5 Å². The highest BCUT2D eigenvalue weighted by atomic mass is 16.5. The largest absolute Gasteiger partial charge is 0.480 e. The van der Waals surface area contributed by atoms with Gasteiger partial charge >= 0.3 is 11.9 Å². The van der Waals surface area contributed by atoms with Crippen molar-refractivity contribution in [3.05, 3.63) is 72.0 Å². The van der Waals surface area contributed by atoms with Crippen LogP contribution in [0, 0.1) is 17.8 Å². The van der Waals surface area contributed by atoms with Crippen molar-refractivity contribution in [2.24, 2.45) is 50.7 Å². The molecule has 408 valence electrons. The summed E-state index contributed by atoms with van der Waals surface area (Å²) in [4.78, 5) is 130. The summed E-state index contributed by atoms with van der Waals surface area (Å²) >= 11 is 0. The van der Waals surface area contributed by atoms with Crippen LogP contribution in [0.5, 0.6) is 0 Å². The monoisotopic (exact) mass is 1040 g/mol. The smallest absolute Gasteiger partial charge is 0.327 e. The number of nitrogens with two attached hydrogens (primary N) is 4. The van der Waals surface area contributed by atoms with Gasteiger partial charge in [-0.2, -0.15) is 0 Å². The molecule has 1 heterocycles. The first kappa shape index (κ1) is 62.3. The molecule has 0 unspecified atom stereocenters. The molecule has 1 aliphatic rings. The number of rotatable bonds is 17. The second-order valence-corrected chi connectivity index (χ2v) is 18.1. The molecule has 0 aromatic heterocycles. The Morgan fingerprint density at radius 3 is 1.85 bits per heavy atom. The van der Waals surface area contributed by atoms with Gasteiger partial charge in [0, 0.05) is 39.6 Å². The molecule has 10 atom stereocenters. The second kappa shape index (κ2) is 30.9. The number of aliphatic carboxylic acids is 2. The highest BCUT2D eigenvalue weighted by Crippen LogP contribution is 2.19. The van der Waals surface area contributed by atoms with Gasteiger partial charge in [-0.3, -0.25) is 43.5 Å². The van der Waals surface area contributed by atoms with Crippen LogP contribution in [0.25, 0.3) is 0 Å². The van der Waals surface area contributed by atoms with E-state index in [4.69, 9.17) is 27.7 Å². The van der Waals surface area contributed by atoms with Crippen LogP contribution in [0.3, 0.4) is 0 Å². The van der Waals surface area contributed by atoms with Crippen molar-refractivity contribution in [1.82, 2.24) is 36.8 Å². The van der Waals surface area contributed by atoms with Crippen molar-refractivity contribution in [2.45, 2.75) is 122 Å². The number of methoxy groups -OCH3 is 1. The van der Waals surface area contributed by atoms with Crippen LogP contribution >= 0.6 is 0 Å². The molecule has 1 fully saturated rings. The first-order valence-electron chi connectivity index (χ1n) is 24.1. The number of nitrogens with zero attached hydrogens (tertiary/aromatic N) is 3. The van der Waals surface area contributed by atoms with E-state index >= 15 is 0 Å². The zero-order valence-corrected chi connectivity index (χ0v) is 43.1. The molecule has 1 aromatic carbocycles. The molecular weight excluding hydrogens is 963 g/mol. The van der Waals surface area contributed by atoms with Crippen molar-refractivity contribution in [1.29, 1.82) is 0 Å². The maximum Gasteiger partial charge on any atom is 0.327 e. The average molecular weight is 1040 g/mol. The number of carbonyl (C=O) groups excluding carboxylic acids is 7. The molecule has 2 rings (SSSR count). The predicted molar refractivity (Wildman–Crippen MR) is 275 cm³/mol. The van der Waals surface area contributed by atoms with Gasteiger partial charge in [-0.15, -0.1) is 0 Å². The highest BCUT2D eigenvalue weighted by molar-refractivity contribution is 6.00. The molecule has 25 nitrogen and oxygen atoms in total. The fourth-order valence-electron chi connectivity index (χ4n) is 7.53. The summed E-state index contributed by atoms with van der Waals surface area (Å²) in [5, 5.41) is 35.4. The Morgan fingerprint density at radius 1 is 0.784 bits per heavy atom. The Bertz CT molecular complexity index is 2280. The fourth-order valence-corrected chi connectivity index (χ4v) is 7.53. The van der Waals surface area contributed by atoms with Crippen LogP contribution in [0.1, 0.15) is 78.7 Å². The first-order chi connectivity index (χ1) is 34.8. The van der Waals surface area contributed by atoms with Crippen LogP contribution in [-0.2, 0) is 54.3 Å². The highest BCUT2D eigenvalue weighted by Gasteiger charge is 2.37. The van der Waals surface area contributed by atoms with E-state index in [0.29, 0.717) is 12.0 Å². The van der Waals surface area contributed by atoms with Gasteiger partial charge in [0.15, 0.2) is 11.9 Å². The summed E-state index contributed by atoms with van der Waals surface area (Å²) in [5.74, 6) is -13.1. The third-order valence-electron chi connectivity index (χ3n) is 12.2. The van der Waals surface area contributed by atoms with E-state index < -0.39 is 120 Å². The van der Waals surface area contributed by atoms with Gasteiger partial charge in [-0.25, -0.2) is 9.59 Å². The minimum atomic E-state index is -1.95. The third kappa shape index (κ3) is 21.1. The van der Waals surface area contributed by atoms with E-state index in [1.165, 1.54) is 33.9 Å². The Kier molecular flexibility index (Phi) is 26.0. The Hall–Kier alpha value is -7.83. The number of likely N-dealkylation sites (N-methyl/N-ethyl adjacent to an activating group) is 1. The summed E-state index contributed by atoms with van der Waals surface area (Å²) < 4.78 is 5.81.